The first-order valence-corrected chi connectivity index (χ1v) is 8.24. The molecule has 1 rings (SSSR count). The highest BCUT2D eigenvalue weighted by atomic mass is 127. The molecule has 0 radical (unpaired) electrons. The Morgan fingerprint density at radius 3 is 2.48 bits per heavy atom. The van der Waals surface area contributed by atoms with E-state index in [9.17, 15) is 21.0 Å². The van der Waals surface area contributed by atoms with Crippen molar-refractivity contribution in [3.8, 4) is 5.75 Å². The average Bonchev–Trinajstić information content (AvgIpc) is 2.43. The van der Waals surface area contributed by atoms with E-state index in [1.165, 1.54) is 12.1 Å². The molecule has 0 heterocycles. The van der Waals surface area contributed by atoms with Gasteiger partial charge in [0.2, 0.25) is 0 Å². The van der Waals surface area contributed by atoms with Crippen LogP contribution >= 0.6 is 21.2 Å². The van der Waals surface area contributed by atoms with Crippen LogP contribution in [0.3, 0.4) is 0 Å². The van der Waals surface area contributed by atoms with Crippen molar-refractivity contribution in [2.45, 2.75) is 13.3 Å². The van der Waals surface area contributed by atoms with Crippen molar-refractivity contribution in [2.75, 3.05) is 18.1 Å². The van der Waals surface area contributed by atoms with Crippen LogP contribution < -0.4 is 15.4 Å². The molecule has 0 atom stereocenters. The Kier molecular flexibility index (Phi) is 9.88. The van der Waals surface area contributed by atoms with Gasteiger partial charge in [-0.1, -0.05) is 13.0 Å². The van der Waals surface area contributed by atoms with E-state index in [1.54, 1.807) is 0 Å². The lowest BCUT2D eigenvalue weighted by atomic mass is 10.2. The second-order valence-corrected chi connectivity index (χ2v) is 4.92. The summed E-state index contributed by atoms with van der Waals surface area (Å²) in [6, 6.07) is 4.65. The lowest BCUT2D eigenvalue weighted by Gasteiger charge is -2.09. The largest absolute Gasteiger partial charge is 0.573 e. The Morgan fingerprint density at radius 2 is 2.00 bits per heavy atom. The summed E-state index contributed by atoms with van der Waals surface area (Å²) in [4.78, 5) is 11.4. The molecule has 0 aliphatic carbocycles. The Morgan fingerprint density at radius 1 is 1.38 bits per heavy atom. The lowest BCUT2D eigenvalue weighted by Crippen LogP contribution is -2.22. The van der Waals surface area contributed by atoms with Gasteiger partial charge in [0.1, 0.15) is 10.3 Å². The molecule has 0 unspecified atom stereocenters. The molecule has 5 nitrogen and oxygen atoms in total. The summed E-state index contributed by atoms with van der Waals surface area (Å²) in [5, 5.41) is 5.23. The fourth-order valence-electron chi connectivity index (χ4n) is 1.02. The van der Waals surface area contributed by atoms with Crippen molar-refractivity contribution in [2.24, 2.45) is 0 Å². The van der Waals surface area contributed by atoms with E-state index in [0.717, 1.165) is 18.7 Å². The van der Waals surface area contributed by atoms with E-state index >= 15 is 0 Å². The zero-order valence-electron chi connectivity index (χ0n) is 11.5. The monoisotopic (exact) mass is 420 g/mol. The molecule has 2 N–H and O–H groups in total. The number of carbonyl (C=O) groups excluding carboxylic acids is 1. The zero-order valence-corrected chi connectivity index (χ0v) is 13.6. The first-order valence-electron chi connectivity index (χ1n) is 5.84. The molecule has 0 fully saturated rings. The van der Waals surface area contributed by atoms with E-state index in [0.29, 0.717) is 0 Å². The van der Waals surface area contributed by atoms with E-state index in [-0.39, 0.29) is 10.1 Å². The quantitative estimate of drug-likeness (QED) is 0.437. The van der Waals surface area contributed by atoms with Crippen LogP contribution in [-0.2, 0) is 3.07 Å². The van der Waals surface area contributed by atoms with Gasteiger partial charge in [-0.15, -0.1) is 13.2 Å². The van der Waals surface area contributed by atoms with Crippen molar-refractivity contribution in [3.63, 3.8) is 0 Å². The van der Waals surface area contributed by atoms with Gasteiger partial charge in [0, 0.05) is 5.56 Å². The predicted molar refractivity (Wildman–Crippen MR) is 79.8 cm³/mol. The third-order valence-corrected chi connectivity index (χ3v) is 2.66. The van der Waals surface area contributed by atoms with E-state index in [1.807, 2.05) is 7.05 Å². The summed E-state index contributed by atoms with van der Waals surface area (Å²) < 4.78 is 49.7. The van der Waals surface area contributed by atoms with Crippen LogP contribution in [0.1, 0.15) is 17.3 Å². The van der Waals surface area contributed by atoms with Crippen molar-refractivity contribution in [1.82, 2.24) is 10.6 Å². The Bertz CT molecular complexity index is 454. The van der Waals surface area contributed by atoms with Gasteiger partial charge in [-0.3, -0.25) is 7.86 Å². The first kappa shape index (κ1) is 19.8. The molecule has 1 aromatic rings. The highest BCUT2D eigenvalue weighted by Crippen LogP contribution is 2.23. The summed E-state index contributed by atoms with van der Waals surface area (Å²) in [6.07, 6.45) is -4.80. The SMILES string of the molecule is CCNC.O=ICNC(=O)c1cccc(OC(F)(F)F)c1. The normalized spacial score (nSPS) is 10.3. The fraction of sp³-hybridized carbons (Fsp3) is 0.417. The van der Waals surface area contributed by atoms with Crippen LogP contribution in [0.15, 0.2) is 24.3 Å². The van der Waals surface area contributed by atoms with Crippen LogP contribution in [0.4, 0.5) is 13.2 Å². The average molecular weight is 420 g/mol. The van der Waals surface area contributed by atoms with Crippen molar-refractivity contribution >= 4 is 27.1 Å². The number of benzene rings is 1. The van der Waals surface area contributed by atoms with Crippen LogP contribution in [0.2, 0.25) is 0 Å². The van der Waals surface area contributed by atoms with Gasteiger partial charge in [0.05, 0.1) is 0 Å². The molecule has 0 saturated carbocycles. The predicted octanol–water partition coefficient (Wildman–Crippen LogP) is 2.81. The van der Waals surface area contributed by atoms with Crippen molar-refractivity contribution in [1.29, 1.82) is 0 Å². The summed E-state index contributed by atoms with van der Waals surface area (Å²) in [6.45, 7) is 3.14. The van der Waals surface area contributed by atoms with E-state index in [4.69, 9.17) is 0 Å². The molecule has 1 amide bonds. The molecular weight excluding hydrogens is 404 g/mol. The van der Waals surface area contributed by atoms with Gasteiger partial charge < -0.3 is 15.4 Å². The molecule has 1 aromatic carbocycles. The maximum atomic E-state index is 11.9. The van der Waals surface area contributed by atoms with Gasteiger partial charge >= 0.3 is 6.36 Å². The van der Waals surface area contributed by atoms with Crippen LogP contribution in [0.5, 0.6) is 5.75 Å². The molecule has 0 aliphatic rings. The smallest absolute Gasteiger partial charge is 0.406 e. The maximum absolute atomic E-state index is 11.9. The third-order valence-electron chi connectivity index (χ3n) is 1.97. The van der Waals surface area contributed by atoms with E-state index < -0.39 is 39.2 Å². The number of carbonyl (C=O) groups is 1. The number of alkyl halides is 4. The van der Waals surface area contributed by atoms with Crippen LogP contribution in [-0.4, -0.2) is 30.4 Å². The van der Waals surface area contributed by atoms with E-state index in [2.05, 4.69) is 22.3 Å². The molecule has 0 spiro atoms. The summed E-state index contributed by atoms with van der Waals surface area (Å²) in [5.74, 6) is -1.06. The molecule has 0 aromatic heterocycles. The second kappa shape index (κ2) is 10.5. The Balaban J connectivity index is 0.000000885. The number of halogens is 4. The number of nitrogens with one attached hydrogen (secondary N) is 2. The van der Waals surface area contributed by atoms with Crippen molar-refractivity contribution < 1.29 is 25.8 Å². The molecule has 0 aliphatic heterocycles. The highest BCUT2D eigenvalue weighted by molar-refractivity contribution is 14.1. The van der Waals surface area contributed by atoms with Gasteiger partial charge in [0.15, 0.2) is 21.2 Å². The van der Waals surface area contributed by atoms with Crippen molar-refractivity contribution in [3.05, 3.63) is 29.8 Å². The summed E-state index contributed by atoms with van der Waals surface area (Å²) >= 11 is -1.34. The standard InChI is InChI=1S/C9H7F3INO3.C3H9N/c10-9(11,12)17-7-3-1-2-6(4-7)8(15)14-5-13-16;1-3-4-2/h1-4H,5H2,(H,14,15);4H,3H2,1-2H3. The van der Waals surface area contributed by atoms with Crippen LogP contribution in [0.25, 0.3) is 0 Å². The van der Waals surface area contributed by atoms with Gasteiger partial charge in [-0.05, 0) is 31.8 Å². The number of rotatable bonds is 5. The topological polar surface area (TPSA) is 67.4 Å². The highest BCUT2D eigenvalue weighted by Gasteiger charge is 2.31. The second-order valence-electron chi connectivity index (χ2n) is 3.53. The van der Waals surface area contributed by atoms with Crippen LogP contribution in [0, 0.1) is 0 Å². The fourth-order valence-corrected chi connectivity index (χ4v) is 1.53. The molecule has 0 saturated heterocycles. The summed E-state index contributed by atoms with van der Waals surface area (Å²) in [5.41, 5.74) is 0.0178. The van der Waals surface area contributed by atoms with Gasteiger partial charge in [0.25, 0.3) is 5.91 Å². The Labute approximate surface area is 130 Å². The number of amides is 1. The molecular formula is C12H16F3IN2O3. The van der Waals surface area contributed by atoms with Gasteiger partial charge in [-0.2, -0.15) is 0 Å². The molecule has 9 heteroatoms. The number of hydrogen-bond acceptors (Lipinski definition) is 4. The number of hydrogen-bond donors (Lipinski definition) is 2. The Hall–Kier alpha value is -1.23. The minimum atomic E-state index is -4.80. The maximum Gasteiger partial charge on any atom is 0.573 e. The zero-order chi connectivity index (χ0) is 16.3. The number of ether oxygens (including phenoxy) is 1. The molecule has 0 bridgehead atoms. The minimum Gasteiger partial charge on any atom is -0.406 e. The lowest BCUT2D eigenvalue weighted by molar-refractivity contribution is -0.274. The summed E-state index contributed by atoms with van der Waals surface area (Å²) in [7, 11) is 1.93. The minimum absolute atomic E-state index is 0.0178. The first-order chi connectivity index (χ1) is 9.84. The molecule has 120 valence electrons. The molecule has 21 heavy (non-hydrogen) atoms. The third kappa shape index (κ3) is 10.2. The van der Waals surface area contributed by atoms with Gasteiger partial charge in [-0.25, -0.2) is 0 Å².